The summed E-state index contributed by atoms with van der Waals surface area (Å²) in [5.74, 6) is 0.146. The Balaban J connectivity index is 1.63. The number of carbonyl (C=O) groups is 1. The molecule has 138 valence electrons. The summed E-state index contributed by atoms with van der Waals surface area (Å²) >= 11 is 0. The molecule has 0 spiro atoms. The summed E-state index contributed by atoms with van der Waals surface area (Å²) in [4.78, 5) is 17.0. The third-order valence-corrected chi connectivity index (χ3v) is 7.29. The molecule has 0 radical (unpaired) electrons. The van der Waals surface area contributed by atoms with E-state index in [2.05, 4.69) is 11.9 Å². The van der Waals surface area contributed by atoms with Crippen LogP contribution in [0.3, 0.4) is 0 Å². The van der Waals surface area contributed by atoms with Crippen molar-refractivity contribution in [3.05, 3.63) is 0 Å². The quantitative estimate of drug-likeness (QED) is 0.690. The molecule has 2 bridgehead atoms. The molecule has 0 aliphatic carbocycles. The van der Waals surface area contributed by atoms with E-state index in [4.69, 9.17) is 4.74 Å². The molecule has 3 saturated heterocycles. The molecule has 0 saturated carbocycles. The van der Waals surface area contributed by atoms with Gasteiger partial charge in [-0.15, -0.1) is 0 Å². The highest BCUT2D eigenvalue weighted by Crippen LogP contribution is 2.34. The molecule has 1 amide bonds. The molecule has 8 heteroatoms. The van der Waals surface area contributed by atoms with E-state index in [-0.39, 0.29) is 29.8 Å². The molecule has 0 unspecified atom stereocenters. The zero-order valence-corrected chi connectivity index (χ0v) is 15.5. The van der Waals surface area contributed by atoms with Crippen molar-refractivity contribution in [1.29, 1.82) is 0 Å². The lowest BCUT2D eigenvalue weighted by atomic mass is 9.98. The molecule has 0 N–H and O–H groups in total. The first-order valence-corrected chi connectivity index (χ1v) is 10.6. The van der Waals surface area contributed by atoms with Crippen LogP contribution in [-0.4, -0.2) is 92.7 Å². The van der Waals surface area contributed by atoms with Crippen molar-refractivity contribution < 1.29 is 17.9 Å². The van der Waals surface area contributed by atoms with E-state index in [1.807, 2.05) is 11.8 Å². The Labute approximate surface area is 145 Å². The minimum Gasteiger partial charge on any atom is -0.371 e. The maximum Gasteiger partial charge on any atom is 0.228 e. The number of likely N-dealkylation sites (N-methyl/N-ethyl adjacent to an activating group) is 1. The molecule has 0 aromatic rings. The van der Waals surface area contributed by atoms with Crippen LogP contribution < -0.4 is 0 Å². The van der Waals surface area contributed by atoms with Gasteiger partial charge >= 0.3 is 0 Å². The van der Waals surface area contributed by atoms with Gasteiger partial charge in [0.05, 0.1) is 23.9 Å². The van der Waals surface area contributed by atoms with Crippen LogP contribution in [0.25, 0.3) is 0 Å². The van der Waals surface area contributed by atoms with Crippen molar-refractivity contribution in [2.24, 2.45) is 5.92 Å². The topological polar surface area (TPSA) is 70.2 Å². The number of fused-ring (bicyclic) bond motifs is 2. The molecule has 3 aliphatic heterocycles. The zero-order chi connectivity index (χ0) is 17.3. The lowest BCUT2D eigenvalue weighted by Gasteiger charge is -2.35. The van der Waals surface area contributed by atoms with Crippen molar-refractivity contribution in [2.45, 2.75) is 38.4 Å². The number of rotatable bonds is 5. The van der Waals surface area contributed by atoms with Crippen LogP contribution in [0.4, 0.5) is 0 Å². The standard InChI is InChI=1S/C16H29N3O4S/c1-3-4-9-24(21,22)19-11-13-10-14(15(12-19)23-13)16(20)18-7-5-17(2)6-8-18/h13-15H,3-12H2,1-2H3/t13-,14+,15-/m1/s1. The molecule has 0 aromatic heterocycles. The molecule has 0 aromatic carbocycles. The molecule has 3 atom stereocenters. The van der Waals surface area contributed by atoms with Crippen molar-refractivity contribution in [2.75, 3.05) is 52.1 Å². The van der Waals surface area contributed by atoms with Crippen LogP contribution in [0.15, 0.2) is 0 Å². The second-order valence-electron chi connectivity index (χ2n) is 7.25. The Morgan fingerprint density at radius 2 is 1.88 bits per heavy atom. The lowest BCUT2D eigenvalue weighted by molar-refractivity contribution is -0.139. The summed E-state index contributed by atoms with van der Waals surface area (Å²) in [5.41, 5.74) is 0. The molecule has 3 heterocycles. The monoisotopic (exact) mass is 359 g/mol. The van der Waals surface area contributed by atoms with Crippen molar-refractivity contribution >= 4 is 15.9 Å². The number of morpholine rings is 1. The fourth-order valence-electron chi connectivity index (χ4n) is 3.83. The first kappa shape index (κ1) is 18.1. The minimum absolute atomic E-state index is 0.137. The first-order chi connectivity index (χ1) is 11.4. The smallest absolute Gasteiger partial charge is 0.228 e. The fourth-order valence-corrected chi connectivity index (χ4v) is 5.51. The van der Waals surface area contributed by atoms with Crippen LogP contribution in [0.5, 0.6) is 0 Å². The number of piperazine rings is 1. The number of sulfonamides is 1. The summed E-state index contributed by atoms with van der Waals surface area (Å²) in [6, 6.07) is 0. The maximum atomic E-state index is 12.8. The van der Waals surface area contributed by atoms with Crippen LogP contribution in [0.2, 0.25) is 0 Å². The van der Waals surface area contributed by atoms with Gasteiger partial charge in [0.15, 0.2) is 0 Å². The van der Waals surface area contributed by atoms with Crippen LogP contribution in [0.1, 0.15) is 26.2 Å². The van der Waals surface area contributed by atoms with Crippen LogP contribution in [0, 0.1) is 5.92 Å². The number of hydrogen-bond acceptors (Lipinski definition) is 5. The summed E-state index contributed by atoms with van der Waals surface area (Å²) in [5, 5.41) is 0. The average molecular weight is 359 g/mol. The van der Waals surface area contributed by atoms with E-state index in [1.54, 1.807) is 4.31 Å². The van der Waals surface area contributed by atoms with Gasteiger partial charge in [0.2, 0.25) is 15.9 Å². The highest BCUT2D eigenvalue weighted by Gasteiger charge is 2.48. The van der Waals surface area contributed by atoms with Crippen LogP contribution >= 0.6 is 0 Å². The molecule has 3 rings (SSSR count). The Kier molecular flexibility index (Phi) is 5.48. The Bertz CT molecular complexity index is 560. The van der Waals surface area contributed by atoms with E-state index in [1.165, 1.54) is 0 Å². The number of carbonyl (C=O) groups excluding carboxylic acids is 1. The van der Waals surface area contributed by atoms with E-state index in [0.29, 0.717) is 25.9 Å². The predicted molar refractivity (Wildman–Crippen MR) is 91.1 cm³/mol. The number of unbranched alkanes of at least 4 members (excludes halogenated alkanes) is 1. The Morgan fingerprint density at radius 3 is 2.54 bits per heavy atom. The van der Waals surface area contributed by atoms with E-state index in [9.17, 15) is 13.2 Å². The van der Waals surface area contributed by atoms with Crippen LogP contribution in [-0.2, 0) is 19.6 Å². The normalized spacial score (nSPS) is 32.2. The van der Waals surface area contributed by atoms with Crippen molar-refractivity contribution in [1.82, 2.24) is 14.1 Å². The summed E-state index contributed by atoms with van der Waals surface area (Å²) < 4.78 is 32.4. The molecule has 24 heavy (non-hydrogen) atoms. The zero-order valence-electron chi connectivity index (χ0n) is 14.7. The highest BCUT2D eigenvalue weighted by molar-refractivity contribution is 7.89. The molecule has 7 nitrogen and oxygen atoms in total. The number of nitrogens with zero attached hydrogens (tertiary/aromatic N) is 3. The lowest BCUT2D eigenvalue weighted by Crippen LogP contribution is -2.52. The highest BCUT2D eigenvalue weighted by atomic mass is 32.2. The SMILES string of the molecule is CCCCS(=O)(=O)N1C[C@H]2C[C@H](C(=O)N3CCN(C)CC3)[C@@H](C1)O2. The van der Waals surface area contributed by atoms with Gasteiger partial charge in [-0.25, -0.2) is 8.42 Å². The van der Waals surface area contributed by atoms with E-state index < -0.39 is 10.0 Å². The third-order valence-electron chi connectivity index (χ3n) is 5.41. The Hall–Kier alpha value is -0.700. The van der Waals surface area contributed by atoms with Gasteiger partial charge in [-0.1, -0.05) is 13.3 Å². The predicted octanol–water partition coefficient (Wildman–Crippen LogP) is -0.0204. The van der Waals surface area contributed by atoms with Gasteiger partial charge in [0.1, 0.15) is 0 Å². The van der Waals surface area contributed by atoms with Gasteiger partial charge in [-0.2, -0.15) is 4.31 Å². The van der Waals surface area contributed by atoms with Gasteiger partial charge in [0.25, 0.3) is 0 Å². The minimum atomic E-state index is -3.23. The third kappa shape index (κ3) is 3.76. The fraction of sp³-hybridized carbons (Fsp3) is 0.938. The van der Waals surface area contributed by atoms with E-state index >= 15 is 0 Å². The number of hydrogen-bond donors (Lipinski definition) is 0. The molecular weight excluding hydrogens is 330 g/mol. The summed E-state index contributed by atoms with van der Waals surface area (Å²) in [6.45, 7) is 6.00. The number of amides is 1. The van der Waals surface area contributed by atoms with Crippen molar-refractivity contribution in [3.8, 4) is 0 Å². The van der Waals surface area contributed by atoms with Crippen molar-refractivity contribution in [3.63, 3.8) is 0 Å². The number of ether oxygens (including phenoxy) is 1. The summed E-state index contributed by atoms with van der Waals surface area (Å²) in [7, 11) is -1.17. The second kappa shape index (κ2) is 7.27. The van der Waals surface area contributed by atoms with Gasteiger partial charge in [-0.05, 0) is 19.9 Å². The molecule has 3 fully saturated rings. The summed E-state index contributed by atoms with van der Waals surface area (Å²) in [6.07, 6.45) is 1.77. The molecular formula is C16H29N3O4S. The van der Waals surface area contributed by atoms with Gasteiger partial charge < -0.3 is 14.5 Å². The average Bonchev–Trinajstić information content (AvgIpc) is 2.87. The van der Waals surface area contributed by atoms with E-state index in [0.717, 1.165) is 32.6 Å². The largest absolute Gasteiger partial charge is 0.371 e. The molecule has 3 aliphatic rings. The first-order valence-electron chi connectivity index (χ1n) is 9.01. The van der Waals surface area contributed by atoms with Gasteiger partial charge in [-0.3, -0.25) is 4.79 Å². The maximum absolute atomic E-state index is 12.8. The Morgan fingerprint density at radius 1 is 1.17 bits per heavy atom. The van der Waals surface area contributed by atoms with Gasteiger partial charge in [0, 0.05) is 39.3 Å². The second-order valence-corrected chi connectivity index (χ2v) is 9.34.